The van der Waals surface area contributed by atoms with E-state index >= 15 is 0 Å². The maximum atomic E-state index is 2.38. The summed E-state index contributed by atoms with van der Waals surface area (Å²) in [6.07, 6.45) is 0. The maximum absolute atomic E-state index is 2.38. The van der Waals surface area contributed by atoms with Crippen LogP contribution in [0.15, 0.2) is 194 Å². The van der Waals surface area contributed by atoms with Gasteiger partial charge in [-0.15, -0.1) is 22.7 Å². The minimum atomic E-state index is 1.11. The topological polar surface area (TPSA) is 3.24 Å². The lowest BCUT2D eigenvalue weighted by Crippen LogP contribution is -2.09. The van der Waals surface area contributed by atoms with Crippen molar-refractivity contribution in [3.63, 3.8) is 0 Å². The average Bonchev–Trinajstić information content (AvgIpc) is 3.80. The van der Waals surface area contributed by atoms with Crippen LogP contribution in [-0.2, 0) is 0 Å². The molecule has 0 aliphatic carbocycles. The normalized spacial score (nSPS) is 11.7. The van der Waals surface area contributed by atoms with Gasteiger partial charge in [0.2, 0.25) is 0 Å². The van der Waals surface area contributed by atoms with E-state index in [0.717, 1.165) is 17.1 Å². The van der Waals surface area contributed by atoms with Gasteiger partial charge in [0.25, 0.3) is 0 Å². The highest BCUT2D eigenvalue weighted by molar-refractivity contribution is 7.25. The second-order valence-electron chi connectivity index (χ2n) is 14.5. The van der Waals surface area contributed by atoms with Crippen LogP contribution < -0.4 is 4.90 Å². The number of hydrogen-bond acceptors (Lipinski definition) is 3. The van der Waals surface area contributed by atoms with E-state index in [1.165, 1.54) is 90.1 Å². The lowest BCUT2D eigenvalue weighted by atomic mass is 9.93. The molecule has 264 valence electrons. The number of anilines is 3. The zero-order valence-corrected chi connectivity index (χ0v) is 32.4. The van der Waals surface area contributed by atoms with Gasteiger partial charge in [-0.25, -0.2) is 0 Å². The molecule has 3 heteroatoms. The predicted molar refractivity (Wildman–Crippen MR) is 245 cm³/mol. The van der Waals surface area contributed by atoms with Gasteiger partial charge in [0.05, 0.1) is 0 Å². The van der Waals surface area contributed by atoms with Gasteiger partial charge in [0.15, 0.2) is 0 Å². The summed E-state index contributed by atoms with van der Waals surface area (Å²) in [5.41, 5.74) is 10.8. The first kappa shape index (κ1) is 32.9. The molecule has 11 aromatic rings. The molecular formula is C53H35NS2. The molecule has 0 aliphatic rings. The Hall–Kier alpha value is -6.52. The molecule has 0 aliphatic heterocycles. The first-order valence-corrected chi connectivity index (χ1v) is 20.7. The third-order valence-corrected chi connectivity index (χ3v) is 13.5. The molecular weight excluding hydrogens is 715 g/mol. The van der Waals surface area contributed by atoms with Gasteiger partial charge in [-0.1, -0.05) is 127 Å². The molecule has 0 saturated heterocycles. The fourth-order valence-electron chi connectivity index (χ4n) is 8.54. The molecule has 0 N–H and O–H groups in total. The summed E-state index contributed by atoms with van der Waals surface area (Å²) >= 11 is 3.73. The van der Waals surface area contributed by atoms with E-state index in [1.807, 2.05) is 22.7 Å². The van der Waals surface area contributed by atoms with E-state index in [4.69, 9.17) is 0 Å². The Bertz CT molecular complexity index is 3240. The number of thiophene rings is 2. The van der Waals surface area contributed by atoms with Crippen molar-refractivity contribution in [3.8, 4) is 33.4 Å². The van der Waals surface area contributed by atoms with E-state index < -0.39 is 0 Å². The van der Waals surface area contributed by atoms with Crippen molar-refractivity contribution in [3.05, 3.63) is 199 Å². The fourth-order valence-corrected chi connectivity index (χ4v) is 10.7. The molecule has 56 heavy (non-hydrogen) atoms. The molecule has 9 aromatic carbocycles. The van der Waals surface area contributed by atoms with Gasteiger partial charge in [-0.2, -0.15) is 0 Å². The van der Waals surface area contributed by atoms with Gasteiger partial charge in [-0.3, -0.25) is 0 Å². The molecule has 0 unspecified atom stereocenters. The van der Waals surface area contributed by atoms with E-state index in [-0.39, 0.29) is 0 Å². The van der Waals surface area contributed by atoms with Crippen molar-refractivity contribution < 1.29 is 0 Å². The summed E-state index contributed by atoms with van der Waals surface area (Å²) in [6, 6.07) is 71.4. The zero-order valence-electron chi connectivity index (χ0n) is 30.7. The lowest BCUT2D eigenvalue weighted by Gasteiger charge is -2.26. The Labute approximate surface area is 334 Å². The van der Waals surface area contributed by atoms with Gasteiger partial charge in [0.1, 0.15) is 0 Å². The maximum Gasteiger partial charge on any atom is 0.0462 e. The second-order valence-corrected chi connectivity index (χ2v) is 16.8. The molecule has 2 heterocycles. The van der Waals surface area contributed by atoms with Crippen LogP contribution in [0.4, 0.5) is 17.1 Å². The summed E-state index contributed by atoms with van der Waals surface area (Å²) in [5.74, 6) is 0. The van der Waals surface area contributed by atoms with E-state index in [1.54, 1.807) is 0 Å². The molecule has 1 nitrogen and oxygen atoms in total. The molecule has 0 amide bonds. The summed E-state index contributed by atoms with van der Waals surface area (Å²) < 4.78 is 3.99. The molecule has 2 aromatic heterocycles. The molecule has 0 saturated carbocycles. The van der Waals surface area contributed by atoms with E-state index in [9.17, 15) is 0 Å². The monoisotopic (exact) mass is 749 g/mol. The fraction of sp³-hybridized carbons (Fsp3) is 0.0189. The quantitative estimate of drug-likeness (QED) is 0.153. The largest absolute Gasteiger partial charge is 0.311 e. The predicted octanol–water partition coefficient (Wildman–Crippen LogP) is 16.4. The number of rotatable bonds is 6. The SMILES string of the molecule is Cc1sc2ccccc2c1-c1ccc(N(c2ccc(-c3ccc4sc5ccccc5c4c3)cc2)c2ccc(-c3cc4ccccc4c4ccccc34)cc2)cc1. The first-order chi connectivity index (χ1) is 27.7. The highest BCUT2D eigenvalue weighted by Crippen LogP contribution is 2.43. The minimum absolute atomic E-state index is 1.11. The van der Waals surface area contributed by atoms with Crippen molar-refractivity contribution in [1.29, 1.82) is 0 Å². The highest BCUT2D eigenvalue weighted by atomic mass is 32.1. The molecule has 0 radical (unpaired) electrons. The average molecular weight is 750 g/mol. The Morgan fingerprint density at radius 3 is 1.54 bits per heavy atom. The number of benzene rings is 9. The van der Waals surface area contributed by atoms with Crippen LogP contribution in [0.2, 0.25) is 0 Å². The molecule has 0 spiro atoms. The Kier molecular flexibility index (Phi) is 7.84. The van der Waals surface area contributed by atoms with Crippen LogP contribution in [0.1, 0.15) is 4.88 Å². The van der Waals surface area contributed by atoms with E-state index in [0.29, 0.717) is 0 Å². The zero-order chi connectivity index (χ0) is 37.2. The molecule has 0 atom stereocenters. The number of fused-ring (bicyclic) bond motifs is 7. The smallest absolute Gasteiger partial charge is 0.0462 e. The Balaban J connectivity index is 1.01. The van der Waals surface area contributed by atoms with Crippen LogP contribution >= 0.6 is 22.7 Å². The van der Waals surface area contributed by atoms with Crippen molar-refractivity contribution in [2.45, 2.75) is 6.92 Å². The second kappa shape index (κ2) is 13.3. The van der Waals surface area contributed by atoms with Gasteiger partial charge in [0, 0.05) is 57.8 Å². The summed E-state index contributed by atoms with van der Waals surface area (Å²) in [4.78, 5) is 3.72. The number of nitrogens with zero attached hydrogens (tertiary/aromatic N) is 1. The molecule has 0 bridgehead atoms. The summed E-state index contributed by atoms with van der Waals surface area (Å²) in [5, 5.41) is 9.06. The van der Waals surface area contributed by atoms with Gasteiger partial charge >= 0.3 is 0 Å². The standard InChI is InChI=1S/C53H35NS2/c1-34-53(47-15-7-9-17-51(47)55-34)37-22-29-42(30-23-37)54(40-25-18-35(19-26-40)38-24-31-52-49(32-38)46-14-6-8-16-50(46)56-52)41-27-20-36(21-28-41)48-33-39-10-2-3-11-43(39)44-12-4-5-13-45(44)48/h2-33H,1H3. The van der Waals surface area contributed by atoms with Crippen LogP contribution in [0.5, 0.6) is 0 Å². The third-order valence-electron chi connectivity index (χ3n) is 11.2. The van der Waals surface area contributed by atoms with Crippen molar-refractivity contribution in [2.24, 2.45) is 0 Å². The molecule has 11 rings (SSSR count). The Morgan fingerprint density at radius 1 is 0.339 bits per heavy atom. The minimum Gasteiger partial charge on any atom is -0.311 e. The van der Waals surface area contributed by atoms with Crippen molar-refractivity contribution in [2.75, 3.05) is 4.90 Å². The van der Waals surface area contributed by atoms with Crippen molar-refractivity contribution >= 4 is 91.5 Å². The third kappa shape index (κ3) is 5.51. The van der Waals surface area contributed by atoms with Crippen LogP contribution in [0.25, 0.3) is 85.2 Å². The lowest BCUT2D eigenvalue weighted by molar-refractivity contribution is 1.28. The number of aryl methyl sites for hydroxylation is 1. The first-order valence-electron chi connectivity index (χ1n) is 19.1. The molecule has 0 fully saturated rings. The van der Waals surface area contributed by atoms with Crippen LogP contribution in [-0.4, -0.2) is 0 Å². The summed E-state index contributed by atoms with van der Waals surface area (Å²) in [6.45, 7) is 2.24. The Morgan fingerprint density at radius 2 is 0.839 bits per heavy atom. The van der Waals surface area contributed by atoms with Crippen LogP contribution in [0, 0.1) is 6.92 Å². The van der Waals surface area contributed by atoms with Crippen molar-refractivity contribution in [1.82, 2.24) is 0 Å². The van der Waals surface area contributed by atoms with E-state index in [2.05, 4.69) is 206 Å². The summed E-state index contributed by atoms with van der Waals surface area (Å²) in [7, 11) is 0. The van der Waals surface area contributed by atoms with Gasteiger partial charge < -0.3 is 4.90 Å². The van der Waals surface area contributed by atoms with Gasteiger partial charge in [-0.05, 0) is 123 Å². The highest BCUT2D eigenvalue weighted by Gasteiger charge is 2.17. The van der Waals surface area contributed by atoms with Crippen LogP contribution in [0.3, 0.4) is 0 Å². The number of hydrogen-bond donors (Lipinski definition) is 0.